The Morgan fingerprint density at radius 1 is 1.24 bits per heavy atom. The van der Waals surface area contributed by atoms with Gasteiger partial charge in [0.05, 0.1) is 13.2 Å². The molecule has 1 rings (SSSR count). The van der Waals surface area contributed by atoms with Crippen molar-refractivity contribution in [3.8, 4) is 5.75 Å². The standard InChI is InChI=1S/C17H28ClNO2/c1-5-10-19-15(16(6-2)21-7-3)12-13-11-14(18)8-9-17(13)20-4/h8-9,11,15-16,19H,5-7,10,12H2,1-4H3. The zero-order valence-electron chi connectivity index (χ0n) is 13.6. The average molecular weight is 314 g/mol. The van der Waals surface area contributed by atoms with Crippen LogP contribution in [-0.2, 0) is 11.2 Å². The molecule has 2 unspecified atom stereocenters. The van der Waals surface area contributed by atoms with Crippen LogP contribution in [0.2, 0.25) is 5.02 Å². The van der Waals surface area contributed by atoms with Crippen LogP contribution in [0.5, 0.6) is 5.75 Å². The molecule has 4 heteroatoms. The van der Waals surface area contributed by atoms with E-state index in [1.54, 1.807) is 7.11 Å². The van der Waals surface area contributed by atoms with Crippen LogP contribution in [0.25, 0.3) is 0 Å². The molecule has 0 amide bonds. The number of ether oxygens (including phenoxy) is 2. The third-order valence-electron chi connectivity index (χ3n) is 3.57. The van der Waals surface area contributed by atoms with Crippen LogP contribution in [0.15, 0.2) is 18.2 Å². The number of hydrogen-bond donors (Lipinski definition) is 1. The molecule has 0 heterocycles. The molecule has 0 aromatic heterocycles. The van der Waals surface area contributed by atoms with E-state index in [9.17, 15) is 0 Å². The van der Waals surface area contributed by atoms with Gasteiger partial charge in [-0.2, -0.15) is 0 Å². The molecule has 0 saturated carbocycles. The summed E-state index contributed by atoms with van der Waals surface area (Å²) in [6.07, 6.45) is 3.14. The molecule has 3 nitrogen and oxygen atoms in total. The van der Waals surface area contributed by atoms with Gasteiger partial charge in [0.2, 0.25) is 0 Å². The van der Waals surface area contributed by atoms with E-state index in [1.165, 1.54) is 0 Å². The second kappa shape index (κ2) is 10.0. The van der Waals surface area contributed by atoms with Gasteiger partial charge in [0, 0.05) is 17.7 Å². The van der Waals surface area contributed by atoms with E-state index in [4.69, 9.17) is 21.1 Å². The van der Waals surface area contributed by atoms with Crippen molar-refractivity contribution < 1.29 is 9.47 Å². The Balaban J connectivity index is 2.91. The highest BCUT2D eigenvalue weighted by molar-refractivity contribution is 6.30. The lowest BCUT2D eigenvalue weighted by atomic mass is 9.98. The van der Waals surface area contributed by atoms with Gasteiger partial charge in [-0.05, 0) is 56.5 Å². The lowest BCUT2D eigenvalue weighted by Crippen LogP contribution is -2.43. The predicted molar refractivity (Wildman–Crippen MR) is 89.5 cm³/mol. The van der Waals surface area contributed by atoms with Crippen LogP contribution >= 0.6 is 11.6 Å². The maximum Gasteiger partial charge on any atom is 0.122 e. The molecule has 0 aliphatic carbocycles. The Morgan fingerprint density at radius 2 is 2.00 bits per heavy atom. The number of hydrogen-bond acceptors (Lipinski definition) is 3. The summed E-state index contributed by atoms with van der Waals surface area (Å²) in [4.78, 5) is 0. The normalized spacial score (nSPS) is 14.0. The number of rotatable bonds is 10. The highest BCUT2D eigenvalue weighted by Crippen LogP contribution is 2.25. The first kappa shape index (κ1) is 18.3. The molecule has 1 N–H and O–H groups in total. The molecule has 0 saturated heterocycles. The third-order valence-corrected chi connectivity index (χ3v) is 3.81. The maximum atomic E-state index is 6.13. The monoisotopic (exact) mass is 313 g/mol. The molecule has 0 fully saturated rings. The number of benzene rings is 1. The minimum atomic E-state index is 0.199. The zero-order valence-corrected chi connectivity index (χ0v) is 14.4. The molecule has 120 valence electrons. The fourth-order valence-electron chi connectivity index (χ4n) is 2.54. The van der Waals surface area contributed by atoms with Crippen molar-refractivity contribution in [1.29, 1.82) is 0 Å². The summed E-state index contributed by atoms with van der Waals surface area (Å²) in [6, 6.07) is 6.04. The highest BCUT2D eigenvalue weighted by Gasteiger charge is 2.21. The molecule has 1 aromatic rings. The van der Waals surface area contributed by atoms with Crippen LogP contribution < -0.4 is 10.1 Å². The van der Waals surface area contributed by atoms with Crippen LogP contribution in [0.4, 0.5) is 0 Å². The summed E-state index contributed by atoms with van der Waals surface area (Å²) in [5.41, 5.74) is 1.12. The molecule has 1 aromatic carbocycles. The van der Waals surface area contributed by atoms with Crippen molar-refractivity contribution in [2.75, 3.05) is 20.3 Å². The summed E-state index contributed by atoms with van der Waals surface area (Å²) in [6.45, 7) is 8.09. The fraction of sp³-hybridized carbons (Fsp3) is 0.647. The molecule has 0 aliphatic rings. The van der Waals surface area contributed by atoms with Crippen molar-refractivity contribution in [3.63, 3.8) is 0 Å². The Kier molecular flexibility index (Phi) is 8.74. The van der Waals surface area contributed by atoms with Crippen molar-refractivity contribution in [2.24, 2.45) is 0 Å². The molecule has 0 aliphatic heterocycles. The van der Waals surface area contributed by atoms with Gasteiger partial charge in [-0.1, -0.05) is 25.4 Å². The smallest absolute Gasteiger partial charge is 0.122 e. The predicted octanol–water partition coefficient (Wildman–Crippen LogP) is 4.07. The minimum absolute atomic E-state index is 0.199. The van der Waals surface area contributed by atoms with Gasteiger partial charge in [-0.3, -0.25) is 0 Å². The van der Waals surface area contributed by atoms with Gasteiger partial charge < -0.3 is 14.8 Å². The molecule has 2 atom stereocenters. The summed E-state index contributed by atoms with van der Waals surface area (Å²) in [5.74, 6) is 0.883. The van der Waals surface area contributed by atoms with E-state index >= 15 is 0 Å². The van der Waals surface area contributed by atoms with Crippen molar-refractivity contribution in [2.45, 2.75) is 52.2 Å². The molecular weight excluding hydrogens is 286 g/mol. The number of halogens is 1. The SMILES string of the molecule is CCCNC(Cc1cc(Cl)ccc1OC)C(CC)OCC. The van der Waals surface area contributed by atoms with Crippen molar-refractivity contribution in [1.82, 2.24) is 5.32 Å². The topological polar surface area (TPSA) is 30.5 Å². The van der Waals surface area contributed by atoms with Crippen LogP contribution in [0, 0.1) is 0 Å². The van der Waals surface area contributed by atoms with Gasteiger partial charge in [0.1, 0.15) is 5.75 Å². The summed E-state index contributed by atoms with van der Waals surface area (Å²) >= 11 is 6.13. The molecule has 0 bridgehead atoms. The molecule has 0 radical (unpaired) electrons. The lowest BCUT2D eigenvalue weighted by molar-refractivity contribution is 0.0318. The van der Waals surface area contributed by atoms with E-state index in [0.717, 1.165) is 48.7 Å². The van der Waals surface area contributed by atoms with E-state index < -0.39 is 0 Å². The van der Waals surface area contributed by atoms with Gasteiger partial charge in [-0.15, -0.1) is 0 Å². The number of methoxy groups -OCH3 is 1. The minimum Gasteiger partial charge on any atom is -0.496 e. The maximum absolute atomic E-state index is 6.13. The van der Waals surface area contributed by atoms with E-state index in [2.05, 4.69) is 19.2 Å². The first-order chi connectivity index (χ1) is 10.2. The average Bonchev–Trinajstić information content (AvgIpc) is 2.49. The van der Waals surface area contributed by atoms with E-state index in [-0.39, 0.29) is 12.1 Å². The fourth-order valence-corrected chi connectivity index (χ4v) is 2.74. The van der Waals surface area contributed by atoms with Crippen LogP contribution in [-0.4, -0.2) is 32.4 Å². The van der Waals surface area contributed by atoms with Crippen molar-refractivity contribution in [3.05, 3.63) is 28.8 Å². The Hall–Kier alpha value is -0.770. The quantitative estimate of drug-likeness (QED) is 0.706. The first-order valence-electron chi connectivity index (χ1n) is 7.83. The molecule has 0 spiro atoms. The zero-order chi connectivity index (χ0) is 15.7. The molecule has 21 heavy (non-hydrogen) atoms. The van der Waals surface area contributed by atoms with E-state index in [0.29, 0.717) is 0 Å². The summed E-state index contributed by atoms with van der Waals surface area (Å²) in [5, 5.41) is 4.34. The second-order valence-corrected chi connectivity index (χ2v) is 5.56. The highest BCUT2D eigenvalue weighted by atomic mass is 35.5. The van der Waals surface area contributed by atoms with Gasteiger partial charge in [-0.25, -0.2) is 0 Å². The van der Waals surface area contributed by atoms with Gasteiger partial charge in [0.15, 0.2) is 0 Å². The van der Waals surface area contributed by atoms with Crippen LogP contribution in [0.1, 0.15) is 39.2 Å². The van der Waals surface area contributed by atoms with Crippen LogP contribution in [0.3, 0.4) is 0 Å². The Morgan fingerprint density at radius 3 is 2.57 bits per heavy atom. The largest absolute Gasteiger partial charge is 0.496 e. The third kappa shape index (κ3) is 5.85. The summed E-state index contributed by atoms with van der Waals surface area (Å²) < 4.78 is 11.3. The lowest BCUT2D eigenvalue weighted by Gasteiger charge is -2.28. The van der Waals surface area contributed by atoms with Gasteiger partial charge in [0.25, 0.3) is 0 Å². The second-order valence-electron chi connectivity index (χ2n) is 5.12. The number of nitrogens with one attached hydrogen (secondary N) is 1. The van der Waals surface area contributed by atoms with Gasteiger partial charge >= 0.3 is 0 Å². The Bertz CT molecular complexity index is 412. The van der Waals surface area contributed by atoms with E-state index in [1.807, 2.05) is 25.1 Å². The first-order valence-corrected chi connectivity index (χ1v) is 8.21. The van der Waals surface area contributed by atoms with Crippen molar-refractivity contribution >= 4 is 11.6 Å². The Labute approximate surface area is 134 Å². The molecular formula is C17H28ClNO2. The summed E-state index contributed by atoms with van der Waals surface area (Å²) in [7, 11) is 1.70.